The average Bonchev–Trinajstić information content (AvgIpc) is 3.17. The van der Waals surface area contributed by atoms with Gasteiger partial charge in [0.15, 0.2) is 5.13 Å². The molecule has 1 atom stereocenters. The van der Waals surface area contributed by atoms with Crippen LogP contribution in [-0.4, -0.2) is 67.1 Å². The number of fused-ring (bicyclic) bond motifs is 1. The van der Waals surface area contributed by atoms with Gasteiger partial charge in [0, 0.05) is 18.7 Å². The summed E-state index contributed by atoms with van der Waals surface area (Å²) in [5.41, 5.74) is 1.70. The number of aliphatic hydroxyl groups is 1. The lowest BCUT2D eigenvalue weighted by atomic mass is 9.92. The number of hydrogen-bond acceptors (Lipinski definition) is 7. The summed E-state index contributed by atoms with van der Waals surface area (Å²) < 4.78 is 17.8. The number of thiazole rings is 1. The van der Waals surface area contributed by atoms with Crippen molar-refractivity contribution < 1.29 is 24.1 Å². The second-order valence-corrected chi connectivity index (χ2v) is 8.49. The molecule has 2 heterocycles. The van der Waals surface area contributed by atoms with Gasteiger partial charge in [-0.05, 0) is 31.7 Å². The number of anilines is 1. The minimum atomic E-state index is -0.246. The molecule has 158 valence electrons. The molecule has 4 rings (SSSR count). The number of nitrogens with one attached hydrogen (secondary N) is 1. The number of amides is 2. The van der Waals surface area contributed by atoms with Gasteiger partial charge in [0.25, 0.3) is 0 Å². The van der Waals surface area contributed by atoms with Crippen molar-refractivity contribution in [3.8, 4) is 5.75 Å². The second kappa shape index (κ2) is 8.83. The normalized spacial score (nSPS) is 25.0. The van der Waals surface area contributed by atoms with Gasteiger partial charge in [0.05, 0.1) is 37.7 Å². The first kappa shape index (κ1) is 20.3. The number of benzene rings is 1. The Morgan fingerprint density at radius 2 is 2.10 bits per heavy atom. The number of aliphatic hydroxyl groups excluding tert-OH is 1. The molecule has 2 aromatic rings. The number of rotatable bonds is 4. The Kier molecular flexibility index (Phi) is 6.19. The van der Waals surface area contributed by atoms with Gasteiger partial charge >= 0.3 is 6.03 Å². The van der Waals surface area contributed by atoms with Crippen LogP contribution < -0.4 is 10.1 Å². The van der Waals surface area contributed by atoms with E-state index in [1.54, 1.807) is 19.1 Å². The fraction of sp³-hybridized carbons (Fsp3) is 0.600. The smallest absolute Gasteiger partial charge is 0.323 e. The van der Waals surface area contributed by atoms with Gasteiger partial charge in [-0.3, -0.25) is 5.32 Å². The molecule has 2 aliphatic rings. The van der Waals surface area contributed by atoms with E-state index < -0.39 is 0 Å². The number of hydrogen-bond donors (Lipinski definition) is 2. The van der Waals surface area contributed by atoms with Gasteiger partial charge in [0.2, 0.25) is 0 Å². The predicted octanol–water partition coefficient (Wildman–Crippen LogP) is 3.16. The summed E-state index contributed by atoms with van der Waals surface area (Å²) in [6.07, 6.45) is 2.67. The van der Waals surface area contributed by atoms with Crippen molar-refractivity contribution in [2.75, 3.05) is 39.3 Å². The first-order valence-corrected chi connectivity index (χ1v) is 10.8. The molecule has 9 heteroatoms. The van der Waals surface area contributed by atoms with Gasteiger partial charge in [-0.1, -0.05) is 17.4 Å². The third kappa shape index (κ3) is 4.32. The lowest BCUT2D eigenvalue weighted by Gasteiger charge is -2.32. The maximum Gasteiger partial charge on any atom is 0.323 e. The summed E-state index contributed by atoms with van der Waals surface area (Å²) in [7, 11) is 3.40. The zero-order valence-corrected chi connectivity index (χ0v) is 17.5. The fourth-order valence-electron chi connectivity index (χ4n) is 3.93. The van der Waals surface area contributed by atoms with E-state index in [1.807, 2.05) is 12.1 Å². The fourth-order valence-corrected chi connectivity index (χ4v) is 4.96. The van der Waals surface area contributed by atoms with Crippen LogP contribution in [0.15, 0.2) is 12.1 Å². The van der Waals surface area contributed by atoms with Crippen LogP contribution in [0.5, 0.6) is 5.75 Å². The van der Waals surface area contributed by atoms with E-state index >= 15 is 0 Å². The highest BCUT2D eigenvalue weighted by molar-refractivity contribution is 7.22. The van der Waals surface area contributed by atoms with Gasteiger partial charge < -0.3 is 24.2 Å². The summed E-state index contributed by atoms with van der Waals surface area (Å²) in [6.45, 7) is 1.66. The van der Waals surface area contributed by atoms with Crippen LogP contribution in [-0.2, 0) is 9.47 Å². The zero-order valence-electron chi connectivity index (χ0n) is 16.7. The van der Waals surface area contributed by atoms with Crippen LogP contribution in [0.2, 0.25) is 0 Å². The van der Waals surface area contributed by atoms with Crippen LogP contribution in [0.1, 0.15) is 37.4 Å². The van der Waals surface area contributed by atoms with Crippen LogP contribution in [0, 0.1) is 0 Å². The lowest BCUT2D eigenvalue weighted by Crippen LogP contribution is -2.42. The number of aromatic nitrogens is 1. The lowest BCUT2D eigenvalue weighted by molar-refractivity contribution is -0.0895. The van der Waals surface area contributed by atoms with E-state index in [1.165, 1.54) is 11.3 Å². The molecule has 1 aromatic heterocycles. The molecule has 2 N–H and O–H groups in total. The average molecular weight is 422 g/mol. The van der Waals surface area contributed by atoms with Crippen LogP contribution >= 0.6 is 11.3 Å². The number of ether oxygens (including phenoxy) is 3. The summed E-state index contributed by atoms with van der Waals surface area (Å²) in [5.74, 6) is 0.659. The van der Waals surface area contributed by atoms with Gasteiger partial charge in [0.1, 0.15) is 17.4 Å². The Hall–Kier alpha value is -1.94. The predicted molar refractivity (Wildman–Crippen MR) is 111 cm³/mol. The van der Waals surface area contributed by atoms with Crippen molar-refractivity contribution >= 4 is 32.7 Å². The van der Waals surface area contributed by atoms with Crippen molar-refractivity contribution in [1.82, 2.24) is 9.88 Å². The Morgan fingerprint density at radius 1 is 1.31 bits per heavy atom. The maximum atomic E-state index is 12.8. The highest BCUT2D eigenvalue weighted by Crippen LogP contribution is 2.39. The molecule has 0 radical (unpaired) electrons. The quantitative estimate of drug-likeness (QED) is 0.788. The number of carbonyl (C=O) groups is 1. The van der Waals surface area contributed by atoms with E-state index in [-0.39, 0.29) is 24.3 Å². The molecule has 0 spiro atoms. The summed E-state index contributed by atoms with van der Waals surface area (Å²) in [4.78, 5) is 19.1. The van der Waals surface area contributed by atoms with Crippen molar-refractivity contribution in [3.05, 3.63) is 17.7 Å². The minimum Gasteiger partial charge on any atom is -0.494 e. The SMILES string of the molecule is COc1ccc(C2COCCO2)c2sc(NC(=O)N(C)[C@H]3CC[C@H](O)CC3)nc12. The van der Waals surface area contributed by atoms with Gasteiger partial charge in [-0.15, -0.1) is 0 Å². The maximum absolute atomic E-state index is 12.8. The van der Waals surface area contributed by atoms with Crippen molar-refractivity contribution in [3.63, 3.8) is 0 Å². The first-order valence-electron chi connectivity index (χ1n) is 9.95. The minimum absolute atomic E-state index is 0.130. The standard InChI is InChI=1S/C20H27N3O5S/c1-23(12-3-5-13(24)6-4-12)20(25)22-19-21-17-15(26-2)8-7-14(18(17)29-19)16-11-27-9-10-28-16/h7-8,12-13,16,24H,3-6,9-11H2,1-2H3,(H,21,22,25)/t12-,13-,16?. The van der Waals surface area contributed by atoms with Crippen LogP contribution in [0.3, 0.4) is 0 Å². The summed E-state index contributed by atoms with van der Waals surface area (Å²) in [5, 5.41) is 13.1. The Labute approximate surface area is 173 Å². The third-order valence-corrected chi connectivity index (χ3v) is 6.69. The van der Waals surface area contributed by atoms with E-state index in [9.17, 15) is 9.90 Å². The van der Waals surface area contributed by atoms with Crippen LogP contribution in [0.4, 0.5) is 9.93 Å². The van der Waals surface area contributed by atoms with E-state index in [0.29, 0.717) is 36.2 Å². The Bertz CT molecular complexity index is 859. The van der Waals surface area contributed by atoms with E-state index in [2.05, 4.69) is 10.3 Å². The number of nitrogens with zero attached hydrogens (tertiary/aromatic N) is 2. The third-order valence-electron chi connectivity index (χ3n) is 5.67. The van der Waals surface area contributed by atoms with E-state index in [0.717, 1.165) is 35.9 Å². The van der Waals surface area contributed by atoms with Crippen molar-refractivity contribution in [2.45, 2.75) is 43.9 Å². The highest BCUT2D eigenvalue weighted by Gasteiger charge is 2.27. The highest BCUT2D eigenvalue weighted by atomic mass is 32.1. The molecule has 2 amide bonds. The van der Waals surface area contributed by atoms with Gasteiger partial charge in [-0.25, -0.2) is 9.78 Å². The molecule has 1 saturated carbocycles. The first-order chi connectivity index (χ1) is 14.1. The molecule has 29 heavy (non-hydrogen) atoms. The van der Waals surface area contributed by atoms with E-state index in [4.69, 9.17) is 14.2 Å². The monoisotopic (exact) mass is 421 g/mol. The topological polar surface area (TPSA) is 93.2 Å². The number of carbonyl (C=O) groups excluding carboxylic acids is 1. The molecule has 0 bridgehead atoms. The Morgan fingerprint density at radius 3 is 2.79 bits per heavy atom. The molecule has 1 aliphatic carbocycles. The molecule has 1 aromatic carbocycles. The Balaban J connectivity index is 1.55. The van der Waals surface area contributed by atoms with Crippen molar-refractivity contribution in [2.24, 2.45) is 0 Å². The number of methoxy groups -OCH3 is 1. The molecule has 8 nitrogen and oxygen atoms in total. The molecule has 1 saturated heterocycles. The molecule has 1 unspecified atom stereocenters. The van der Waals surface area contributed by atoms with Gasteiger partial charge in [-0.2, -0.15) is 0 Å². The molecular weight excluding hydrogens is 394 g/mol. The zero-order chi connectivity index (χ0) is 20.4. The number of urea groups is 1. The molecular formula is C20H27N3O5S. The summed E-state index contributed by atoms with van der Waals surface area (Å²) >= 11 is 1.41. The van der Waals surface area contributed by atoms with Crippen LogP contribution in [0.25, 0.3) is 10.2 Å². The largest absolute Gasteiger partial charge is 0.494 e. The van der Waals surface area contributed by atoms with Crippen molar-refractivity contribution in [1.29, 1.82) is 0 Å². The molecule has 1 aliphatic heterocycles. The molecule has 2 fully saturated rings. The summed E-state index contributed by atoms with van der Waals surface area (Å²) in [6, 6.07) is 3.79. The second-order valence-electron chi connectivity index (χ2n) is 7.49.